The average molecular weight is 308 g/mol. The van der Waals surface area contributed by atoms with Crippen LogP contribution in [0.15, 0.2) is 72.8 Å². The quantitative estimate of drug-likeness (QED) is 0.497. The molecule has 2 heteroatoms. The molecule has 0 bridgehead atoms. The van der Waals surface area contributed by atoms with Crippen molar-refractivity contribution >= 4 is 0 Å². The van der Waals surface area contributed by atoms with Gasteiger partial charge >= 0.3 is 0 Å². The zero-order chi connectivity index (χ0) is 15.7. The minimum Gasteiger partial charge on any atom is -0.376 e. The zero-order valence-corrected chi connectivity index (χ0v) is 13.4. The van der Waals surface area contributed by atoms with E-state index >= 15 is 0 Å². The summed E-state index contributed by atoms with van der Waals surface area (Å²) in [6.07, 6.45) is 5.66. The highest BCUT2D eigenvalue weighted by molar-refractivity contribution is 5.14. The predicted octanol–water partition coefficient (Wildman–Crippen LogP) is 4.61. The lowest BCUT2D eigenvalue weighted by Crippen LogP contribution is -1.98. The lowest BCUT2D eigenvalue weighted by Gasteiger charge is -2.03. The summed E-state index contributed by atoms with van der Waals surface area (Å²) < 4.78 is 11.4. The first-order valence-corrected chi connectivity index (χ1v) is 8.32. The Labute approximate surface area is 138 Å². The van der Waals surface area contributed by atoms with E-state index in [0.29, 0.717) is 31.7 Å². The van der Waals surface area contributed by atoms with E-state index in [2.05, 4.69) is 48.6 Å². The fraction of sp³-hybridized carbons (Fsp3) is 0.333. The zero-order valence-electron chi connectivity index (χ0n) is 13.4. The van der Waals surface area contributed by atoms with E-state index in [0.717, 1.165) is 6.61 Å². The van der Waals surface area contributed by atoms with Crippen LogP contribution in [0.2, 0.25) is 0 Å². The second kappa shape index (κ2) is 8.66. The van der Waals surface area contributed by atoms with Crippen molar-refractivity contribution in [3.8, 4) is 0 Å². The average Bonchev–Trinajstić information content (AvgIpc) is 3.35. The Bertz CT molecular complexity index is 592. The number of hydrogen-bond donors (Lipinski definition) is 0. The van der Waals surface area contributed by atoms with Gasteiger partial charge in [0, 0.05) is 0 Å². The fourth-order valence-electron chi connectivity index (χ4n) is 2.65. The summed E-state index contributed by atoms with van der Waals surface area (Å²) in [5, 5.41) is 0. The van der Waals surface area contributed by atoms with E-state index < -0.39 is 0 Å². The van der Waals surface area contributed by atoms with Crippen molar-refractivity contribution in [3.63, 3.8) is 0 Å². The van der Waals surface area contributed by atoms with Crippen molar-refractivity contribution in [1.29, 1.82) is 0 Å². The molecule has 3 rings (SSSR count). The van der Waals surface area contributed by atoms with Gasteiger partial charge < -0.3 is 9.47 Å². The van der Waals surface area contributed by atoms with Gasteiger partial charge in [-0.3, -0.25) is 0 Å². The number of benzene rings is 2. The van der Waals surface area contributed by atoms with E-state index in [9.17, 15) is 0 Å². The monoisotopic (exact) mass is 308 g/mol. The van der Waals surface area contributed by atoms with E-state index in [4.69, 9.17) is 9.47 Å². The first kappa shape index (κ1) is 16.0. The van der Waals surface area contributed by atoms with Crippen LogP contribution in [0.3, 0.4) is 0 Å². The molecule has 2 aromatic carbocycles. The molecule has 1 aliphatic carbocycles. The Balaban J connectivity index is 1.25. The molecule has 23 heavy (non-hydrogen) atoms. The second-order valence-corrected chi connectivity index (χ2v) is 6.09. The molecular formula is C21H24O2. The van der Waals surface area contributed by atoms with Gasteiger partial charge in [0.15, 0.2) is 0 Å². The minimum absolute atomic E-state index is 0.672. The molecule has 1 saturated carbocycles. The van der Waals surface area contributed by atoms with Gasteiger partial charge in [-0.2, -0.15) is 0 Å². The molecule has 0 spiro atoms. The summed E-state index contributed by atoms with van der Waals surface area (Å²) in [7, 11) is 0. The third-order valence-corrected chi connectivity index (χ3v) is 4.13. The molecule has 0 radical (unpaired) electrons. The van der Waals surface area contributed by atoms with Gasteiger partial charge in [-0.1, -0.05) is 72.8 Å². The van der Waals surface area contributed by atoms with Crippen LogP contribution in [0.25, 0.3) is 0 Å². The maximum absolute atomic E-state index is 5.79. The van der Waals surface area contributed by atoms with E-state index in [1.54, 1.807) is 0 Å². The van der Waals surface area contributed by atoms with Crippen LogP contribution >= 0.6 is 0 Å². The van der Waals surface area contributed by atoms with Gasteiger partial charge in [0.1, 0.15) is 0 Å². The molecule has 0 heterocycles. The van der Waals surface area contributed by atoms with Crippen LogP contribution in [0.5, 0.6) is 0 Å². The molecule has 0 saturated heterocycles. The van der Waals surface area contributed by atoms with E-state index in [1.165, 1.54) is 17.5 Å². The third kappa shape index (κ3) is 5.66. The molecule has 1 fully saturated rings. The summed E-state index contributed by atoms with van der Waals surface area (Å²) in [6.45, 7) is 2.94. The molecule has 1 aliphatic rings. The molecule has 0 amide bonds. The Kier molecular flexibility index (Phi) is 6.01. The lowest BCUT2D eigenvalue weighted by molar-refractivity contribution is 0.109. The number of ether oxygens (including phenoxy) is 2. The van der Waals surface area contributed by atoms with Gasteiger partial charge in [0.2, 0.25) is 0 Å². The molecular weight excluding hydrogens is 284 g/mol. The first-order valence-electron chi connectivity index (χ1n) is 8.32. The van der Waals surface area contributed by atoms with Gasteiger partial charge in [-0.25, -0.2) is 0 Å². The van der Waals surface area contributed by atoms with Gasteiger partial charge in [-0.05, 0) is 29.4 Å². The molecule has 0 aliphatic heterocycles. The minimum atomic E-state index is 0.672. The Hall–Kier alpha value is -1.90. The Morgan fingerprint density at radius 3 is 2.09 bits per heavy atom. The van der Waals surface area contributed by atoms with Gasteiger partial charge in [0.05, 0.1) is 26.4 Å². The maximum Gasteiger partial charge on any atom is 0.0721 e. The van der Waals surface area contributed by atoms with Crippen molar-refractivity contribution in [1.82, 2.24) is 0 Å². The van der Waals surface area contributed by atoms with Crippen LogP contribution in [-0.2, 0) is 22.7 Å². The highest BCUT2D eigenvalue weighted by atomic mass is 16.5. The maximum atomic E-state index is 5.79. The summed E-state index contributed by atoms with van der Waals surface area (Å²) in [6, 6.07) is 20.6. The van der Waals surface area contributed by atoms with Gasteiger partial charge in [0.25, 0.3) is 0 Å². The van der Waals surface area contributed by atoms with E-state index in [-0.39, 0.29) is 0 Å². The molecule has 0 N–H and O–H groups in total. The van der Waals surface area contributed by atoms with Crippen LogP contribution in [0, 0.1) is 11.8 Å². The Morgan fingerprint density at radius 2 is 1.43 bits per heavy atom. The number of hydrogen-bond acceptors (Lipinski definition) is 2. The van der Waals surface area contributed by atoms with Crippen molar-refractivity contribution < 1.29 is 9.47 Å². The van der Waals surface area contributed by atoms with Crippen LogP contribution in [0.4, 0.5) is 0 Å². The molecule has 0 unspecified atom stereocenters. The lowest BCUT2D eigenvalue weighted by atomic mass is 10.2. The smallest absolute Gasteiger partial charge is 0.0721 e. The fourth-order valence-corrected chi connectivity index (χ4v) is 2.65. The predicted molar refractivity (Wildman–Crippen MR) is 92.9 cm³/mol. The normalized spacial score (nSPS) is 20.0. The van der Waals surface area contributed by atoms with Crippen LogP contribution < -0.4 is 0 Å². The van der Waals surface area contributed by atoms with Gasteiger partial charge in [-0.15, -0.1) is 0 Å². The molecule has 0 aromatic heterocycles. The van der Waals surface area contributed by atoms with Crippen molar-refractivity contribution in [3.05, 3.63) is 83.9 Å². The Morgan fingerprint density at radius 1 is 0.826 bits per heavy atom. The highest BCUT2D eigenvalue weighted by Crippen LogP contribution is 2.39. The molecule has 2 aromatic rings. The third-order valence-electron chi connectivity index (χ3n) is 4.13. The number of rotatable bonds is 9. The SMILES string of the molecule is C(=C\[C@H]1C[C@@H]1COCc1ccccc1)/COCc1ccccc1. The molecule has 2 atom stereocenters. The number of allylic oxidation sites excluding steroid dienone is 1. The molecule has 2 nitrogen and oxygen atoms in total. The summed E-state index contributed by atoms with van der Waals surface area (Å²) in [5.74, 6) is 1.36. The summed E-state index contributed by atoms with van der Waals surface area (Å²) in [5.41, 5.74) is 2.47. The van der Waals surface area contributed by atoms with Crippen molar-refractivity contribution in [2.24, 2.45) is 11.8 Å². The molecule has 120 valence electrons. The van der Waals surface area contributed by atoms with E-state index in [1.807, 2.05) is 24.3 Å². The second-order valence-electron chi connectivity index (χ2n) is 6.09. The van der Waals surface area contributed by atoms with Crippen LogP contribution in [0.1, 0.15) is 17.5 Å². The van der Waals surface area contributed by atoms with Crippen LogP contribution in [-0.4, -0.2) is 13.2 Å². The van der Waals surface area contributed by atoms with Crippen molar-refractivity contribution in [2.75, 3.05) is 13.2 Å². The topological polar surface area (TPSA) is 18.5 Å². The summed E-state index contributed by atoms with van der Waals surface area (Å²) in [4.78, 5) is 0. The first-order chi connectivity index (χ1) is 11.4. The summed E-state index contributed by atoms with van der Waals surface area (Å²) >= 11 is 0. The standard InChI is InChI=1S/C21H24O2/c1-3-8-18(9-4-1)15-22-13-7-12-20-14-21(20)17-23-16-19-10-5-2-6-11-19/h1-12,20-21H,13-17H2/b12-7+/t20-,21+/m0/s1. The van der Waals surface area contributed by atoms with Crippen molar-refractivity contribution in [2.45, 2.75) is 19.6 Å². The highest BCUT2D eigenvalue weighted by Gasteiger charge is 2.34. The largest absolute Gasteiger partial charge is 0.376 e.